The van der Waals surface area contributed by atoms with E-state index in [4.69, 9.17) is 5.73 Å². The van der Waals surface area contributed by atoms with Gasteiger partial charge in [0.05, 0.1) is 5.39 Å². The number of benzene rings is 1. The first-order chi connectivity index (χ1) is 14.6. The fourth-order valence-corrected chi connectivity index (χ4v) is 4.19. The van der Waals surface area contributed by atoms with Gasteiger partial charge in [-0.25, -0.2) is 14.4 Å². The van der Waals surface area contributed by atoms with Crippen LogP contribution < -0.4 is 10.5 Å². The number of hydrogen-bond donors (Lipinski definition) is 3. The van der Waals surface area contributed by atoms with Gasteiger partial charge < -0.3 is 15.6 Å². The maximum Gasteiger partial charge on any atom is 0.143 e. The summed E-state index contributed by atoms with van der Waals surface area (Å²) < 4.78 is 16.9. The number of anilines is 1. The van der Waals surface area contributed by atoms with Crippen LogP contribution in [0.5, 0.6) is 0 Å². The number of nitrogen functional groups attached to an aromatic ring is 1. The van der Waals surface area contributed by atoms with Gasteiger partial charge in [0.15, 0.2) is 0 Å². The molecule has 6 nitrogen and oxygen atoms in total. The van der Waals surface area contributed by atoms with Crippen LogP contribution in [-0.4, -0.2) is 45.7 Å². The summed E-state index contributed by atoms with van der Waals surface area (Å²) in [6.07, 6.45) is 11.1. The molecule has 160 valence electrons. The number of likely N-dealkylation sites (tertiary alicyclic amines) is 1. The third-order valence-corrected chi connectivity index (χ3v) is 6.31. The highest BCUT2D eigenvalue weighted by Gasteiger charge is 2.23. The molecule has 1 saturated carbocycles. The van der Waals surface area contributed by atoms with E-state index < -0.39 is 0 Å². The van der Waals surface area contributed by atoms with Crippen LogP contribution in [0.4, 0.5) is 10.2 Å². The molecule has 1 aliphatic carbocycles. The lowest BCUT2D eigenvalue weighted by Crippen LogP contribution is -2.41. The predicted octanol–water partition coefficient (Wildman–Crippen LogP) is 4.21. The number of hydrogen-bond acceptors (Lipinski definition) is 6. The first kappa shape index (κ1) is 21.1. The van der Waals surface area contributed by atoms with Gasteiger partial charge in [-0.05, 0) is 73.9 Å². The quantitative estimate of drug-likeness (QED) is 0.510. The highest BCUT2D eigenvalue weighted by Crippen LogP contribution is 2.31. The number of H-pyrrole nitrogens is 1. The minimum atomic E-state index is -0.282. The third kappa shape index (κ3) is 4.94. The van der Waals surface area contributed by atoms with Gasteiger partial charge in [-0.1, -0.05) is 18.4 Å². The number of halogens is 1. The average molecular weight is 429 g/mol. The SMILES string of the molecule is C1CC(CN2CCC2)C1.CSNCc1cc(F)cc(-c2c[nH]c3ncnc(N)c23)c1. The Bertz CT molecular complexity index is 971. The van der Waals surface area contributed by atoms with Crippen LogP contribution in [0.1, 0.15) is 31.2 Å². The van der Waals surface area contributed by atoms with Crippen molar-refractivity contribution in [3.8, 4) is 11.1 Å². The van der Waals surface area contributed by atoms with Crippen LogP contribution in [0.2, 0.25) is 0 Å². The molecule has 2 aliphatic rings. The minimum Gasteiger partial charge on any atom is -0.383 e. The van der Waals surface area contributed by atoms with Crippen LogP contribution in [0.15, 0.2) is 30.7 Å². The molecule has 1 aromatic carbocycles. The van der Waals surface area contributed by atoms with Crippen molar-refractivity contribution in [3.05, 3.63) is 42.1 Å². The van der Waals surface area contributed by atoms with Crippen molar-refractivity contribution in [2.75, 3.05) is 31.6 Å². The molecular formula is C22H29FN6S. The van der Waals surface area contributed by atoms with Crippen molar-refractivity contribution in [2.24, 2.45) is 5.92 Å². The second-order valence-corrected chi connectivity index (χ2v) is 8.71. The van der Waals surface area contributed by atoms with Crippen molar-refractivity contribution in [1.82, 2.24) is 24.6 Å². The van der Waals surface area contributed by atoms with Crippen LogP contribution in [0.25, 0.3) is 22.2 Å². The molecule has 0 bridgehead atoms. The van der Waals surface area contributed by atoms with Gasteiger partial charge in [0.2, 0.25) is 0 Å². The fraction of sp³-hybridized carbons (Fsp3) is 0.455. The number of nitrogens with one attached hydrogen (secondary N) is 2. The summed E-state index contributed by atoms with van der Waals surface area (Å²) in [5, 5.41) is 0.715. The van der Waals surface area contributed by atoms with Gasteiger partial charge in [-0.2, -0.15) is 0 Å². The topological polar surface area (TPSA) is 82.9 Å². The molecule has 8 heteroatoms. The Morgan fingerprint density at radius 3 is 2.73 bits per heavy atom. The standard InChI is InChI=1S/C14H14FN5S.C8H15N/c1-21-20-5-8-2-9(4-10(15)3-8)11-6-17-14-12(11)13(16)18-7-19-14;1-3-8(4-1)7-9-5-2-6-9/h2-4,6-7,20H,5H2,1H3,(H3,16,17,18,19);8H,1-7H2. The first-order valence-corrected chi connectivity index (χ1v) is 11.7. The molecule has 0 spiro atoms. The highest BCUT2D eigenvalue weighted by atomic mass is 32.2. The molecule has 2 fully saturated rings. The van der Waals surface area contributed by atoms with E-state index in [9.17, 15) is 4.39 Å². The summed E-state index contributed by atoms with van der Waals surface area (Å²) in [6.45, 7) is 4.77. The number of aromatic nitrogens is 3. The Hall–Kier alpha value is -2.16. The lowest BCUT2D eigenvalue weighted by atomic mass is 9.84. The molecule has 0 unspecified atom stereocenters. The largest absolute Gasteiger partial charge is 0.383 e. The number of fused-ring (bicyclic) bond motifs is 1. The maximum atomic E-state index is 13.8. The molecule has 3 aromatic rings. The van der Waals surface area contributed by atoms with Gasteiger partial charge in [-0.15, -0.1) is 0 Å². The third-order valence-electron chi connectivity index (χ3n) is 5.88. The van der Waals surface area contributed by atoms with Gasteiger partial charge in [0, 0.05) is 24.8 Å². The smallest absolute Gasteiger partial charge is 0.143 e. The Kier molecular flexibility index (Phi) is 6.86. The normalized spacial score (nSPS) is 16.6. The van der Waals surface area contributed by atoms with Gasteiger partial charge in [-0.3, -0.25) is 4.72 Å². The van der Waals surface area contributed by atoms with Crippen molar-refractivity contribution in [2.45, 2.75) is 32.2 Å². The Labute approximate surface area is 181 Å². The van der Waals surface area contributed by atoms with Crippen LogP contribution in [0, 0.1) is 11.7 Å². The fourth-order valence-electron chi connectivity index (χ4n) is 3.88. The van der Waals surface area contributed by atoms with E-state index in [2.05, 4.69) is 24.6 Å². The number of nitrogens with zero attached hydrogens (tertiary/aromatic N) is 3. The second kappa shape index (κ2) is 9.76. The molecule has 0 amide bonds. The lowest BCUT2D eigenvalue weighted by molar-refractivity contribution is 0.121. The minimum absolute atomic E-state index is 0.282. The van der Waals surface area contributed by atoms with Crippen molar-refractivity contribution >= 4 is 28.8 Å². The van der Waals surface area contributed by atoms with Gasteiger partial charge in [0.1, 0.15) is 23.6 Å². The first-order valence-electron chi connectivity index (χ1n) is 10.5. The monoisotopic (exact) mass is 428 g/mol. The summed E-state index contributed by atoms with van der Waals surface area (Å²) in [4.78, 5) is 13.7. The second-order valence-electron chi connectivity index (χ2n) is 8.01. The predicted molar refractivity (Wildman–Crippen MR) is 122 cm³/mol. The zero-order valence-corrected chi connectivity index (χ0v) is 18.1. The van der Waals surface area contributed by atoms with E-state index in [1.165, 1.54) is 75.7 Å². The zero-order valence-electron chi connectivity index (χ0n) is 17.3. The Balaban J connectivity index is 0.000000200. The van der Waals surface area contributed by atoms with E-state index in [0.29, 0.717) is 23.4 Å². The van der Waals surface area contributed by atoms with Crippen molar-refractivity contribution in [3.63, 3.8) is 0 Å². The zero-order chi connectivity index (χ0) is 20.9. The van der Waals surface area contributed by atoms with E-state index in [-0.39, 0.29) is 5.82 Å². The molecular weight excluding hydrogens is 399 g/mol. The number of nitrogens with two attached hydrogens (primary N) is 1. The Morgan fingerprint density at radius 2 is 2.07 bits per heavy atom. The number of aromatic amines is 1. The van der Waals surface area contributed by atoms with E-state index in [1.54, 1.807) is 6.20 Å². The summed E-state index contributed by atoms with van der Waals surface area (Å²) in [6, 6.07) is 4.93. The Morgan fingerprint density at radius 1 is 1.23 bits per heavy atom. The molecule has 5 rings (SSSR count). The van der Waals surface area contributed by atoms with E-state index in [0.717, 1.165) is 22.6 Å². The molecule has 1 saturated heterocycles. The molecule has 0 atom stereocenters. The van der Waals surface area contributed by atoms with E-state index in [1.807, 2.05) is 12.3 Å². The molecule has 4 N–H and O–H groups in total. The molecule has 3 heterocycles. The van der Waals surface area contributed by atoms with Crippen molar-refractivity contribution < 1.29 is 4.39 Å². The summed E-state index contributed by atoms with van der Waals surface area (Å²) in [5.41, 5.74) is 8.97. The van der Waals surface area contributed by atoms with Crippen molar-refractivity contribution in [1.29, 1.82) is 0 Å². The van der Waals surface area contributed by atoms with Gasteiger partial charge >= 0.3 is 0 Å². The molecule has 2 aromatic heterocycles. The summed E-state index contributed by atoms with van der Waals surface area (Å²) in [5.74, 6) is 1.18. The van der Waals surface area contributed by atoms with Crippen LogP contribution in [0.3, 0.4) is 0 Å². The lowest BCUT2D eigenvalue weighted by Gasteiger charge is -2.37. The summed E-state index contributed by atoms with van der Waals surface area (Å²) >= 11 is 1.49. The maximum absolute atomic E-state index is 13.8. The van der Waals surface area contributed by atoms with E-state index >= 15 is 0 Å². The molecule has 0 radical (unpaired) electrons. The molecule has 1 aliphatic heterocycles. The van der Waals surface area contributed by atoms with Crippen LogP contribution in [-0.2, 0) is 6.54 Å². The van der Waals surface area contributed by atoms with Crippen LogP contribution >= 0.6 is 11.9 Å². The average Bonchev–Trinajstić information content (AvgIpc) is 3.10. The molecule has 30 heavy (non-hydrogen) atoms. The van der Waals surface area contributed by atoms with Gasteiger partial charge in [0.25, 0.3) is 0 Å². The number of rotatable bonds is 6. The highest BCUT2D eigenvalue weighted by molar-refractivity contribution is 7.96. The summed E-state index contributed by atoms with van der Waals surface area (Å²) in [7, 11) is 0.